The lowest BCUT2D eigenvalue weighted by atomic mass is 9.94. The molecule has 0 radical (unpaired) electrons. The molecule has 2 aromatic rings. The predicted molar refractivity (Wildman–Crippen MR) is 85.3 cm³/mol. The molecule has 1 N–H and O–H groups in total. The third-order valence-electron chi connectivity index (χ3n) is 4.01. The molecular formula is C18H19N3O. The van der Waals surface area contributed by atoms with Crippen LogP contribution in [0.25, 0.3) is 0 Å². The molecule has 2 unspecified atom stereocenters. The van der Waals surface area contributed by atoms with Crippen molar-refractivity contribution in [2.75, 3.05) is 18.5 Å². The SMILES string of the molecule is N#Cc1ccc(NC(CC2CCOC2)c2ccccc2)nc1. The fraction of sp³-hybridized carbons (Fsp3) is 0.333. The second-order valence-corrected chi connectivity index (χ2v) is 5.62. The van der Waals surface area contributed by atoms with E-state index in [4.69, 9.17) is 10.00 Å². The molecule has 4 nitrogen and oxygen atoms in total. The van der Waals surface area contributed by atoms with Crippen LogP contribution in [0.5, 0.6) is 0 Å². The highest BCUT2D eigenvalue weighted by atomic mass is 16.5. The molecule has 4 heteroatoms. The Bertz CT molecular complexity index is 628. The molecule has 1 fully saturated rings. The second-order valence-electron chi connectivity index (χ2n) is 5.62. The van der Waals surface area contributed by atoms with Crippen LogP contribution in [0.15, 0.2) is 48.7 Å². The predicted octanol–water partition coefficient (Wildman–Crippen LogP) is 3.53. The van der Waals surface area contributed by atoms with Gasteiger partial charge < -0.3 is 10.1 Å². The van der Waals surface area contributed by atoms with E-state index in [-0.39, 0.29) is 6.04 Å². The van der Waals surface area contributed by atoms with Crippen molar-refractivity contribution in [3.05, 3.63) is 59.8 Å². The molecule has 112 valence electrons. The average molecular weight is 293 g/mol. The molecule has 0 spiro atoms. The van der Waals surface area contributed by atoms with Crippen molar-refractivity contribution in [3.8, 4) is 6.07 Å². The molecule has 3 rings (SSSR count). The molecular weight excluding hydrogens is 274 g/mol. The summed E-state index contributed by atoms with van der Waals surface area (Å²) in [6, 6.07) is 16.4. The Labute approximate surface area is 130 Å². The van der Waals surface area contributed by atoms with E-state index in [1.165, 1.54) is 5.56 Å². The highest BCUT2D eigenvalue weighted by molar-refractivity contribution is 5.41. The fourth-order valence-corrected chi connectivity index (χ4v) is 2.79. The van der Waals surface area contributed by atoms with Gasteiger partial charge >= 0.3 is 0 Å². The van der Waals surface area contributed by atoms with Gasteiger partial charge in [0.1, 0.15) is 11.9 Å². The Morgan fingerprint density at radius 3 is 2.77 bits per heavy atom. The number of nitriles is 1. The highest BCUT2D eigenvalue weighted by Gasteiger charge is 2.22. The van der Waals surface area contributed by atoms with Gasteiger partial charge in [0, 0.05) is 19.4 Å². The lowest BCUT2D eigenvalue weighted by molar-refractivity contribution is 0.183. The van der Waals surface area contributed by atoms with E-state index in [0.717, 1.165) is 31.9 Å². The molecule has 1 aromatic carbocycles. The summed E-state index contributed by atoms with van der Waals surface area (Å²) in [6.07, 6.45) is 3.74. The first kappa shape index (κ1) is 14.6. The molecule has 2 heterocycles. The number of rotatable bonds is 5. The van der Waals surface area contributed by atoms with Crippen LogP contribution in [0, 0.1) is 17.2 Å². The summed E-state index contributed by atoms with van der Waals surface area (Å²) in [5, 5.41) is 12.4. The molecule has 22 heavy (non-hydrogen) atoms. The first-order chi connectivity index (χ1) is 10.8. The second kappa shape index (κ2) is 7.06. The van der Waals surface area contributed by atoms with E-state index < -0.39 is 0 Å². The third kappa shape index (κ3) is 3.63. The van der Waals surface area contributed by atoms with Gasteiger partial charge in [-0.3, -0.25) is 0 Å². The van der Waals surface area contributed by atoms with Gasteiger partial charge in [-0.2, -0.15) is 5.26 Å². The van der Waals surface area contributed by atoms with Gasteiger partial charge in [-0.15, -0.1) is 0 Å². The summed E-state index contributed by atoms with van der Waals surface area (Å²) >= 11 is 0. The lowest BCUT2D eigenvalue weighted by Crippen LogP contribution is -2.16. The van der Waals surface area contributed by atoms with Crippen molar-refractivity contribution in [1.82, 2.24) is 4.98 Å². The summed E-state index contributed by atoms with van der Waals surface area (Å²) in [4.78, 5) is 4.32. The molecule has 0 bridgehead atoms. The van der Waals surface area contributed by atoms with Crippen molar-refractivity contribution in [2.24, 2.45) is 5.92 Å². The van der Waals surface area contributed by atoms with E-state index >= 15 is 0 Å². The maximum absolute atomic E-state index is 8.85. The molecule has 2 atom stereocenters. The lowest BCUT2D eigenvalue weighted by Gasteiger charge is -2.22. The van der Waals surface area contributed by atoms with Crippen LogP contribution in [0.1, 0.15) is 30.0 Å². The summed E-state index contributed by atoms with van der Waals surface area (Å²) in [5.74, 6) is 1.38. The number of aromatic nitrogens is 1. The number of hydrogen-bond donors (Lipinski definition) is 1. The molecule has 0 saturated carbocycles. The Hall–Kier alpha value is -2.38. The van der Waals surface area contributed by atoms with Crippen LogP contribution in [0.2, 0.25) is 0 Å². The minimum absolute atomic E-state index is 0.202. The zero-order chi connectivity index (χ0) is 15.2. The van der Waals surface area contributed by atoms with Crippen molar-refractivity contribution in [3.63, 3.8) is 0 Å². The highest BCUT2D eigenvalue weighted by Crippen LogP contribution is 2.29. The summed E-state index contributed by atoms with van der Waals surface area (Å²) < 4.78 is 5.49. The van der Waals surface area contributed by atoms with E-state index in [1.54, 1.807) is 12.3 Å². The summed E-state index contributed by atoms with van der Waals surface area (Å²) in [7, 11) is 0. The Morgan fingerprint density at radius 2 is 2.14 bits per heavy atom. The average Bonchev–Trinajstić information content (AvgIpc) is 3.09. The smallest absolute Gasteiger partial charge is 0.126 e. The first-order valence-corrected chi connectivity index (χ1v) is 7.60. The minimum atomic E-state index is 0.202. The molecule has 1 aliphatic rings. The van der Waals surface area contributed by atoms with Crippen LogP contribution in [0.4, 0.5) is 5.82 Å². The molecule has 1 saturated heterocycles. The van der Waals surface area contributed by atoms with Crippen LogP contribution < -0.4 is 5.32 Å². The van der Waals surface area contributed by atoms with Crippen molar-refractivity contribution in [2.45, 2.75) is 18.9 Å². The van der Waals surface area contributed by atoms with Gasteiger partial charge in [-0.1, -0.05) is 30.3 Å². The van der Waals surface area contributed by atoms with Gasteiger partial charge in [0.15, 0.2) is 0 Å². The fourth-order valence-electron chi connectivity index (χ4n) is 2.79. The Morgan fingerprint density at radius 1 is 1.27 bits per heavy atom. The maximum Gasteiger partial charge on any atom is 0.126 e. The van der Waals surface area contributed by atoms with E-state index in [2.05, 4.69) is 40.6 Å². The number of hydrogen-bond acceptors (Lipinski definition) is 4. The van der Waals surface area contributed by atoms with Gasteiger partial charge in [0.25, 0.3) is 0 Å². The standard InChI is InChI=1S/C18H19N3O/c19-11-15-6-7-18(20-12-15)21-17(10-14-8-9-22-13-14)16-4-2-1-3-5-16/h1-7,12,14,17H,8-10,13H2,(H,20,21). The third-order valence-corrected chi connectivity index (χ3v) is 4.01. The first-order valence-electron chi connectivity index (χ1n) is 7.60. The van der Waals surface area contributed by atoms with Crippen molar-refractivity contribution in [1.29, 1.82) is 5.26 Å². The van der Waals surface area contributed by atoms with Gasteiger partial charge in [0.2, 0.25) is 0 Å². The zero-order valence-electron chi connectivity index (χ0n) is 12.4. The van der Waals surface area contributed by atoms with Crippen LogP contribution in [-0.4, -0.2) is 18.2 Å². The summed E-state index contributed by atoms with van der Waals surface area (Å²) in [6.45, 7) is 1.70. The quantitative estimate of drug-likeness (QED) is 0.916. The Kier molecular flexibility index (Phi) is 4.67. The van der Waals surface area contributed by atoms with E-state index in [0.29, 0.717) is 11.5 Å². The molecule has 1 aliphatic heterocycles. The summed E-state index contributed by atoms with van der Waals surface area (Å²) in [5.41, 5.74) is 1.83. The van der Waals surface area contributed by atoms with E-state index in [1.807, 2.05) is 12.1 Å². The van der Waals surface area contributed by atoms with Crippen LogP contribution >= 0.6 is 0 Å². The minimum Gasteiger partial charge on any atom is -0.381 e. The monoisotopic (exact) mass is 293 g/mol. The van der Waals surface area contributed by atoms with Crippen molar-refractivity contribution >= 4 is 5.82 Å². The topological polar surface area (TPSA) is 57.9 Å². The van der Waals surface area contributed by atoms with Gasteiger partial charge in [0.05, 0.1) is 11.6 Å². The molecule has 0 aliphatic carbocycles. The number of ether oxygens (including phenoxy) is 1. The normalized spacial score (nSPS) is 18.6. The number of nitrogens with zero attached hydrogens (tertiary/aromatic N) is 2. The number of pyridine rings is 1. The van der Waals surface area contributed by atoms with Gasteiger partial charge in [-0.25, -0.2) is 4.98 Å². The van der Waals surface area contributed by atoms with Crippen LogP contribution in [0.3, 0.4) is 0 Å². The molecule has 1 aromatic heterocycles. The zero-order valence-corrected chi connectivity index (χ0v) is 12.4. The maximum atomic E-state index is 8.85. The number of anilines is 1. The van der Waals surface area contributed by atoms with Crippen molar-refractivity contribution < 1.29 is 4.74 Å². The largest absolute Gasteiger partial charge is 0.381 e. The number of benzene rings is 1. The van der Waals surface area contributed by atoms with E-state index in [9.17, 15) is 0 Å². The Balaban J connectivity index is 1.76. The number of nitrogens with one attached hydrogen (secondary N) is 1. The van der Waals surface area contributed by atoms with Crippen LogP contribution in [-0.2, 0) is 4.74 Å². The molecule has 0 amide bonds. The van der Waals surface area contributed by atoms with Gasteiger partial charge in [-0.05, 0) is 36.5 Å².